The lowest BCUT2D eigenvalue weighted by Gasteiger charge is -2.10. The average molecular weight is 278 g/mol. The van der Waals surface area contributed by atoms with Crippen LogP contribution in [0.4, 0.5) is 0 Å². The van der Waals surface area contributed by atoms with Crippen LogP contribution in [-0.2, 0) is 6.54 Å². The zero-order chi connectivity index (χ0) is 12.8. The third kappa shape index (κ3) is 4.72. The maximum Gasteiger partial charge on any atom is 0.138 e. The van der Waals surface area contributed by atoms with Crippen LogP contribution in [0, 0.1) is 0 Å². The zero-order valence-electron chi connectivity index (χ0n) is 9.96. The molecule has 0 aliphatic rings. The van der Waals surface area contributed by atoms with Crippen molar-refractivity contribution in [3.63, 3.8) is 0 Å². The van der Waals surface area contributed by atoms with Crippen molar-refractivity contribution >= 4 is 23.2 Å². The van der Waals surface area contributed by atoms with Crippen LogP contribution in [0.25, 0.3) is 0 Å². The second-order valence-corrected chi connectivity index (χ2v) is 4.71. The average Bonchev–Trinajstić information content (AvgIpc) is 2.28. The van der Waals surface area contributed by atoms with E-state index in [1.54, 1.807) is 26.2 Å². The fourth-order valence-electron chi connectivity index (χ4n) is 1.40. The Bertz CT molecular complexity index is 370. The number of ether oxygens (including phenoxy) is 1. The molecule has 0 radical (unpaired) electrons. The summed E-state index contributed by atoms with van der Waals surface area (Å²) in [5.74, 6) is 0.574. The van der Waals surface area contributed by atoms with Crippen molar-refractivity contribution in [1.82, 2.24) is 5.32 Å². The van der Waals surface area contributed by atoms with Gasteiger partial charge in [0.2, 0.25) is 0 Å². The predicted molar refractivity (Wildman–Crippen MR) is 71.0 cm³/mol. The minimum Gasteiger partial charge on any atom is -0.495 e. The van der Waals surface area contributed by atoms with Gasteiger partial charge in [-0.1, -0.05) is 23.2 Å². The fourth-order valence-corrected chi connectivity index (χ4v) is 1.88. The molecule has 0 aliphatic carbocycles. The summed E-state index contributed by atoms with van der Waals surface area (Å²) in [6.45, 7) is 3.12. The second kappa shape index (κ2) is 7.07. The molecule has 0 saturated carbocycles. The normalized spacial score (nSPS) is 12.5. The lowest BCUT2D eigenvalue weighted by Crippen LogP contribution is -2.18. The van der Waals surface area contributed by atoms with Crippen molar-refractivity contribution in [3.05, 3.63) is 27.7 Å². The van der Waals surface area contributed by atoms with Gasteiger partial charge in [-0.25, -0.2) is 0 Å². The predicted octanol–water partition coefficient (Wildman–Crippen LogP) is 2.86. The van der Waals surface area contributed by atoms with Crippen molar-refractivity contribution in [2.24, 2.45) is 0 Å². The van der Waals surface area contributed by atoms with Crippen LogP contribution in [0.3, 0.4) is 0 Å². The van der Waals surface area contributed by atoms with E-state index in [4.69, 9.17) is 33.0 Å². The molecule has 1 aromatic rings. The molecular weight excluding hydrogens is 261 g/mol. The number of aliphatic hydroxyl groups is 1. The summed E-state index contributed by atoms with van der Waals surface area (Å²) in [5.41, 5.74) is 0.919. The first-order valence-electron chi connectivity index (χ1n) is 5.45. The Labute approximate surface area is 112 Å². The molecule has 0 amide bonds. The minimum atomic E-state index is -0.294. The van der Waals surface area contributed by atoms with Gasteiger partial charge in [-0.3, -0.25) is 0 Å². The summed E-state index contributed by atoms with van der Waals surface area (Å²) in [4.78, 5) is 0. The van der Waals surface area contributed by atoms with Gasteiger partial charge in [0, 0.05) is 17.6 Å². The van der Waals surface area contributed by atoms with E-state index in [1.165, 1.54) is 0 Å². The third-order valence-electron chi connectivity index (χ3n) is 2.38. The van der Waals surface area contributed by atoms with Gasteiger partial charge in [0.1, 0.15) is 5.75 Å². The molecule has 96 valence electrons. The van der Waals surface area contributed by atoms with Gasteiger partial charge in [0.25, 0.3) is 0 Å². The molecule has 2 N–H and O–H groups in total. The van der Waals surface area contributed by atoms with Gasteiger partial charge in [0.15, 0.2) is 0 Å². The first-order valence-corrected chi connectivity index (χ1v) is 6.21. The number of aliphatic hydroxyl groups excluding tert-OH is 1. The van der Waals surface area contributed by atoms with E-state index in [0.717, 1.165) is 12.1 Å². The van der Waals surface area contributed by atoms with Gasteiger partial charge in [-0.15, -0.1) is 0 Å². The van der Waals surface area contributed by atoms with Gasteiger partial charge in [-0.2, -0.15) is 0 Å². The van der Waals surface area contributed by atoms with Crippen molar-refractivity contribution in [1.29, 1.82) is 0 Å². The van der Waals surface area contributed by atoms with Crippen LogP contribution in [0.2, 0.25) is 10.0 Å². The highest BCUT2D eigenvalue weighted by molar-refractivity contribution is 6.34. The van der Waals surface area contributed by atoms with Crippen molar-refractivity contribution < 1.29 is 9.84 Å². The molecule has 17 heavy (non-hydrogen) atoms. The molecule has 1 rings (SSSR count). The Morgan fingerprint density at radius 3 is 2.65 bits per heavy atom. The van der Waals surface area contributed by atoms with E-state index >= 15 is 0 Å². The molecule has 5 heteroatoms. The van der Waals surface area contributed by atoms with E-state index in [1.807, 2.05) is 0 Å². The van der Waals surface area contributed by atoms with E-state index in [2.05, 4.69) is 5.32 Å². The molecule has 0 bridgehead atoms. The first kappa shape index (κ1) is 14.6. The number of hydrogen-bond donors (Lipinski definition) is 2. The Balaban J connectivity index is 2.56. The third-order valence-corrected chi connectivity index (χ3v) is 3.02. The molecule has 1 unspecified atom stereocenters. The Kier molecular flexibility index (Phi) is 6.06. The maximum absolute atomic E-state index is 9.11. The summed E-state index contributed by atoms with van der Waals surface area (Å²) >= 11 is 12.1. The quantitative estimate of drug-likeness (QED) is 0.786. The summed E-state index contributed by atoms with van der Waals surface area (Å²) in [6.07, 6.45) is 0.416. The van der Waals surface area contributed by atoms with Crippen LogP contribution in [0.15, 0.2) is 12.1 Å². The number of nitrogens with one attached hydrogen (secondary N) is 1. The van der Waals surface area contributed by atoms with Crippen LogP contribution in [-0.4, -0.2) is 24.9 Å². The second-order valence-electron chi connectivity index (χ2n) is 3.89. The van der Waals surface area contributed by atoms with Crippen molar-refractivity contribution in [2.45, 2.75) is 26.0 Å². The fraction of sp³-hybridized carbons (Fsp3) is 0.500. The van der Waals surface area contributed by atoms with Crippen LogP contribution in [0.5, 0.6) is 5.75 Å². The lowest BCUT2D eigenvalue weighted by atomic mass is 10.2. The molecule has 0 saturated heterocycles. The smallest absolute Gasteiger partial charge is 0.138 e. The highest BCUT2D eigenvalue weighted by atomic mass is 35.5. The van der Waals surface area contributed by atoms with E-state index in [0.29, 0.717) is 28.8 Å². The van der Waals surface area contributed by atoms with Gasteiger partial charge in [0.05, 0.1) is 18.2 Å². The largest absolute Gasteiger partial charge is 0.495 e. The number of halogens is 2. The monoisotopic (exact) mass is 277 g/mol. The molecule has 0 heterocycles. The molecule has 0 spiro atoms. The maximum atomic E-state index is 9.11. The summed E-state index contributed by atoms with van der Waals surface area (Å²) < 4.78 is 5.07. The molecule has 0 fully saturated rings. The molecular formula is C12H17Cl2NO2. The number of rotatable bonds is 6. The van der Waals surface area contributed by atoms with Crippen LogP contribution in [0.1, 0.15) is 18.9 Å². The summed E-state index contributed by atoms with van der Waals surface area (Å²) in [5, 5.41) is 13.5. The Morgan fingerprint density at radius 2 is 2.06 bits per heavy atom. The van der Waals surface area contributed by atoms with Crippen molar-refractivity contribution in [2.75, 3.05) is 13.7 Å². The SMILES string of the molecule is COc1cc(Cl)c(CNCCC(C)O)cc1Cl. The number of hydrogen-bond acceptors (Lipinski definition) is 3. The number of methoxy groups -OCH3 is 1. The molecule has 1 aromatic carbocycles. The molecule has 0 aliphatic heterocycles. The van der Waals surface area contributed by atoms with Crippen LogP contribution >= 0.6 is 23.2 Å². The van der Waals surface area contributed by atoms with Gasteiger partial charge in [-0.05, 0) is 31.5 Å². The standard InChI is InChI=1S/C12H17Cl2NO2/c1-8(16)3-4-15-7-9-5-11(14)12(17-2)6-10(9)13/h5-6,8,15-16H,3-4,7H2,1-2H3. The topological polar surface area (TPSA) is 41.5 Å². The molecule has 3 nitrogen and oxygen atoms in total. The highest BCUT2D eigenvalue weighted by Crippen LogP contribution is 2.30. The lowest BCUT2D eigenvalue weighted by molar-refractivity contribution is 0.183. The van der Waals surface area contributed by atoms with Crippen molar-refractivity contribution in [3.8, 4) is 5.75 Å². The Morgan fingerprint density at radius 1 is 1.35 bits per heavy atom. The first-order chi connectivity index (χ1) is 8.04. The minimum absolute atomic E-state index is 0.294. The summed E-state index contributed by atoms with van der Waals surface area (Å²) in [7, 11) is 1.55. The highest BCUT2D eigenvalue weighted by Gasteiger charge is 2.07. The van der Waals surface area contributed by atoms with Crippen LogP contribution < -0.4 is 10.1 Å². The number of benzene rings is 1. The van der Waals surface area contributed by atoms with E-state index in [9.17, 15) is 0 Å². The molecule has 1 atom stereocenters. The zero-order valence-corrected chi connectivity index (χ0v) is 11.5. The van der Waals surface area contributed by atoms with E-state index < -0.39 is 0 Å². The molecule has 0 aromatic heterocycles. The Hall–Kier alpha value is -0.480. The van der Waals surface area contributed by atoms with Gasteiger partial charge >= 0.3 is 0 Å². The van der Waals surface area contributed by atoms with E-state index in [-0.39, 0.29) is 6.10 Å². The van der Waals surface area contributed by atoms with Gasteiger partial charge < -0.3 is 15.2 Å². The summed E-state index contributed by atoms with van der Waals surface area (Å²) in [6, 6.07) is 3.49.